The van der Waals surface area contributed by atoms with E-state index in [-0.39, 0.29) is 23.7 Å². The van der Waals surface area contributed by atoms with Gasteiger partial charge in [0.15, 0.2) is 0 Å². The lowest BCUT2D eigenvalue weighted by atomic mass is 9.49. The predicted octanol–water partition coefficient (Wildman–Crippen LogP) is 4.29. The minimum Gasteiger partial charge on any atom is -0.273 e. The summed E-state index contributed by atoms with van der Waals surface area (Å²) >= 11 is 12.0. The molecule has 140 valence electrons. The normalized spacial score (nSPS) is 31.7. The Morgan fingerprint density at radius 3 is 2.12 bits per heavy atom. The Morgan fingerprint density at radius 2 is 1.54 bits per heavy atom. The Balaban J connectivity index is 1.28. The SMILES string of the molecule is O=C(Cc1ccc(Cl)cc1Cl)NNC(=O)CC12CC3CC(CC(C3)C1)C2. The monoisotopic (exact) mass is 394 g/mol. The largest absolute Gasteiger partial charge is 0.273 e. The van der Waals surface area contributed by atoms with Gasteiger partial charge in [0.25, 0.3) is 0 Å². The van der Waals surface area contributed by atoms with Gasteiger partial charge in [0.05, 0.1) is 6.42 Å². The molecule has 0 saturated heterocycles. The fourth-order valence-corrected chi connectivity index (χ4v) is 6.39. The molecular formula is C20H24Cl2N2O2. The van der Waals surface area contributed by atoms with Crippen LogP contribution in [0.15, 0.2) is 18.2 Å². The highest BCUT2D eigenvalue weighted by Crippen LogP contribution is 2.61. The first kappa shape index (κ1) is 18.1. The summed E-state index contributed by atoms with van der Waals surface area (Å²) in [5.41, 5.74) is 5.98. The number of halogens is 2. The third-order valence-corrected chi connectivity index (χ3v) is 7.00. The predicted molar refractivity (Wildman–Crippen MR) is 102 cm³/mol. The second-order valence-electron chi connectivity index (χ2n) is 8.60. The number of carbonyl (C=O) groups is 2. The minimum absolute atomic E-state index is 0.0810. The number of hydrogen-bond donors (Lipinski definition) is 2. The van der Waals surface area contributed by atoms with Crippen LogP contribution in [0.4, 0.5) is 0 Å². The molecular weight excluding hydrogens is 371 g/mol. The number of hydrazine groups is 1. The van der Waals surface area contributed by atoms with Gasteiger partial charge in [-0.2, -0.15) is 0 Å². The highest BCUT2D eigenvalue weighted by atomic mass is 35.5. The van der Waals surface area contributed by atoms with Crippen molar-refractivity contribution in [3.63, 3.8) is 0 Å². The first-order valence-electron chi connectivity index (χ1n) is 9.42. The lowest BCUT2D eigenvalue weighted by Gasteiger charge is -2.56. The molecule has 5 rings (SSSR count). The Kier molecular flexibility index (Phi) is 4.91. The molecule has 4 bridgehead atoms. The van der Waals surface area contributed by atoms with Gasteiger partial charge in [-0.05, 0) is 79.4 Å². The van der Waals surface area contributed by atoms with Crippen LogP contribution in [0.5, 0.6) is 0 Å². The molecule has 0 aliphatic heterocycles. The van der Waals surface area contributed by atoms with Crippen molar-refractivity contribution in [1.29, 1.82) is 0 Å². The molecule has 2 amide bonds. The zero-order valence-corrected chi connectivity index (χ0v) is 16.2. The standard InChI is InChI=1S/C20H24Cl2N2O2/c21-16-2-1-15(17(22)7-16)6-18(25)23-24-19(26)11-20-8-12-3-13(9-20)5-14(4-12)10-20/h1-2,7,12-14H,3-6,8-11H2,(H,23,25)(H,24,26). The third-order valence-electron chi connectivity index (χ3n) is 6.41. The Hall–Kier alpha value is -1.26. The van der Waals surface area contributed by atoms with Crippen LogP contribution < -0.4 is 10.9 Å². The van der Waals surface area contributed by atoms with Crippen molar-refractivity contribution in [2.45, 2.75) is 51.4 Å². The van der Waals surface area contributed by atoms with Crippen molar-refractivity contribution in [3.8, 4) is 0 Å². The smallest absolute Gasteiger partial charge is 0.242 e. The van der Waals surface area contributed by atoms with E-state index in [1.165, 1.54) is 38.5 Å². The van der Waals surface area contributed by atoms with Crippen molar-refractivity contribution in [3.05, 3.63) is 33.8 Å². The van der Waals surface area contributed by atoms with Gasteiger partial charge in [-0.1, -0.05) is 29.3 Å². The summed E-state index contributed by atoms with van der Waals surface area (Å²) in [6, 6.07) is 5.03. The summed E-state index contributed by atoms with van der Waals surface area (Å²) < 4.78 is 0. The fraction of sp³-hybridized carbons (Fsp3) is 0.600. The van der Waals surface area contributed by atoms with Gasteiger partial charge in [-0.15, -0.1) is 0 Å². The molecule has 0 heterocycles. The maximum Gasteiger partial charge on any atom is 0.242 e. The molecule has 0 spiro atoms. The van der Waals surface area contributed by atoms with Gasteiger partial charge in [0, 0.05) is 16.5 Å². The summed E-state index contributed by atoms with van der Waals surface area (Å²) in [4.78, 5) is 24.5. The maximum absolute atomic E-state index is 12.4. The van der Waals surface area contributed by atoms with Gasteiger partial charge in [0.2, 0.25) is 11.8 Å². The highest BCUT2D eigenvalue weighted by molar-refractivity contribution is 6.35. The van der Waals surface area contributed by atoms with Gasteiger partial charge in [-0.25, -0.2) is 0 Å². The molecule has 4 aliphatic rings. The van der Waals surface area contributed by atoms with Crippen LogP contribution in [0.2, 0.25) is 10.0 Å². The van der Waals surface area contributed by atoms with E-state index in [9.17, 15) is 9.59 Å². The molecule has 0 atom stereocenters. The quantitative estimate of drug-likeness (QED) is 0.748. The molecule has 0 radical (unpaired) electrons. The second kappa shape index (κ2) is 7.05. The van der Waals surface area contributed by atoms with Crippen LogP contribution in [0.25, 0.3) is 0 Å². The molecule has 0 aromatic heterocycles. The number of nitrogens with one attached hydrogen (secondary N) is 2. The van der Waals surface area contributed by atoms with E-state index in [4.69, 9.17) is 23.2 Å². The van der Waals surface area contributed by atoms with Gasteiger partial charge >= 0.3 is 0 Å². The van der Waals surface area contributed by atoms with Crippen LogP contribution >= 0.6 is 23.2 Å². The molecule has 2 N–H and O–H groups in total. The summed E-state index contributed by atoms with van der Waals surface area (Å²) in [6.45, 7) is 0. The summed E-state index contributed by atoms with van der Waals surface area (Å²) in [5, 5.41) is 0.982. The zero-order chi connectivity index (χ0) is 18.3. The number of hydrogen-bond acceptors (Lipinski definition) is 2. The van der Waals surface area contributed by atoms with Crippen LogP contribution in [-0.2, 0) is 16.0 Å². The van der Waals surface area contributed by atoms with Gasteiger partial charge < -0.3 is 0 Å². The van der Waals surface area contributed by atoms with E-state index in [0.29, 0.717) is 22.0 Å². The Morgan fingerprint density at radius 1 is 0.962 bits per heavy atom. The molecule has 4 fully saturated rings. The average molecular weight is 395 g/mol. The molecule has 26 heavy (non-hydrogen) atoms. The number of rotatable bonds is 4. The molecule has 0 unspecified atom stereocenters. The topological polar surface area (TPSA) is 58.2 Å². The third kappa shape index (κ3) is 3.86. The van der Waals surface area contributed by atoms with E-state index in [2.05, 4.69) is 10.9 Å². The summed E-state index contributed by atoms with van der Waals surface area (Å²) in [5.74, 6) is 2.08. The Bertz CT molecular complexity index is 699. The maximum atomic E-state index is 12.4. The van der Waals surface area contributed by atoms with Crippen LogP contribution in [0.1, 0.15) is 50.5 Å². The first-order chi connectivity index (χ1) is 12.4. The fourth-order valence-electron chi connectivity index (χ4n) is 5.91. The molecule has 1 aromatic carbocycles. The molecule has 1 aromatic rings. The van der Waals surface area contributed by atoms with E-state index in [1.54, 1.807) is 18.2 Å². The van der Waals surface area contributed by atoms with Crippen molar-refractivity contribution in [2.75, 3.05) is 0 Å². The van der Waals surface area contributed by atoms with Crippen LogP contribution in [0, 0.1) is 23.2 Å². The molecule has 4 saturated carbocycles. The number of amides is 2. The van der Waals surface area contributed by atoms with Crippen molar-refractivity contribution in [2.24, 2.45) is 23.2 Å². The van der Waals surface area contributed by atoms with E-state index in [0.717, 1.165) is 17.8 Å². The molecule has 4 nitrogen and oxygen atoms in total. The molecule has 4 aliphatic carbocycles. The summed E-state index contributed by atoms with van der Waals surface area (Å²) in [7, 11) is 0. The number of benzene rings is 1. The van der Waals surface area contributed by atoms with Crippen molar-refractivity contribution >= 4 is 35.0 Å². The van der Waals surface area contributed by atoms with Gasteiger partial charge in [0.1, 0.15) is 0 Å². The first-order valence-corrected chi connectivity index (χ1v) is 10.2. The Labute approximate surface area is 164 Å². The van der Waals surface area contributed by atoms with E-state index >= 15 is 0 Å². The van der Waals surface area contributed by atoms with Crippen molar-refractivity contribution in [1.82, 2.24) is 10.9 Å². The summed E-state index contributed by atoms with van der Waals surface area (Å²) in [6.07, 6.45) is 8.26. The second-order valence-corrected chi connectivity index (χ2v) is 9.45. The highest BCUT2D eigenvalue weighted by Gasteiger charge is 2.51. The average Bonchev–Trinajstić information content (AvgIpc) is 2.54. The lowest BCUT2D eigenvalue weighted by Crippen LogP contribution is -2.50. The molecule has 6 heteroatoms. The van der Waals surface area contributed by atoms with Crippen LogP contribution in [0.3, 0.4) is 0 Å². The van der Waals surface area contributed by atoms with E-state index < -0.39 is 0 Å². The lowest BCUT2D eigenvalue weighted by molar-refractivity contribution is -0.134. The minimum atomic E-state index is -0.284. The number of carbonyl (C=O) groups excluding carboxylic acids is 2. The van der Waals surface area contributed by atoms with Gasteiger partial charge in [-0.3, -0.25) is 20.4 Å². The van der Waals surface area contributed by atoms with Crippen molar-refractivity contribution < 1.29 is 9.59 Å². The zero-order valence-electron chi connectivity index (χ0n) is 14.7. The van der Waals surface area contributed by atoms with Crippen LogP contribution in [-0.4, -0.2) is 11.8 Å². The van der Waals surface area contributed by atoms with E-state index in [1.807, 2.05) is 0 Å².